The van der Waals surface area contributed by atoms with E-state index in [1.54, 1.807) is 18.2 Å². The van der Waals surface area contributed by atoms with Crippen molar-refractivity contribution in [3.63, 3.8) is 0 Å². The molecule has 0 bridgehead atoms. The Bertz CT molecular complexity index is 862. The molecule has 3 N–H and O–H groups in total. The predicted molar refractivity (Wildman–Crippen MR) is 92.1 cm³/mol. The number of aryl methyl sites for hydroxylation is 2. The Kier molecular flexibility index (Phi) is 4.29. The summed E-state index contributed by atoms with van der Waals surface area (Å²) in [6.45, 7) is 3.96. The third-order valence-corrected chi connectivity index (χ3v) is 3.38. The number of nitrogens with two attached hydrogens (primary N) is 1. The summed E-state index contributed by atoms with van der Waals surface area (Å²) in [7, 11) is 0. The van der Waals surface area contributed by atoms with Crippen LogP contribution in [0.4, 0.5) is 21.6 Å². The average molecular weight is 324 g/mol. The molecule has 0 aliphatic heterocycles. The lowest BCUT2D eigenvalue weighted by Gasteiger charge is -2.12. The fourth-order valence-corrected chi connectivity index (χ4v) is 2.35. The number of hydrogen-bond donors (Lipinski definition) is 2. The van der Waals surface area contributed by atoms with Crippen LogP contribution in [0.1, 0.15) is 11.1 Å². The summed E-state index contributed by atoms with van der Waals surface area (Å²) in [5, 5.41) is 2.86. The number of rotatable bonds is 4. The molecule has 1 heterocycles. The quantitative estimate of drug-likeness (QED) is 0.746. The molecule has 3 rings (SSSR count). The van der Waals surface area contributed by atoms with Crippen molar-refractivity contribution in [2.24, 2.45) is 0 Å². The van der Waals surface area contributed by atoms with E-state index in [2.05, 4.69) is 15.3 Å². The van der Waals surface area contributed by atoms with Gasteiger partial charge in [-0.25, -0.2) is 9.37 Å². The Labute approximate surface area is 139 Å². The number of anilines is 3. The largest absolute Gasteiger partial charge is 0.437 e. The Hall–Kier alpha value is -3.15. The Morgan fingerprint density at radius 1 is 1.04 bits per heavy atom. The van der Waals surface area contributed by atoms with Crippen LogP contribution >= 0.6 is 0 Å². The highest BCUT2D eigenvalue weighted by Crippen LogP contribution is 2.32. The van der Waals surface area contributed by atoms with E-state index in [9.17, 15) is 4.39 Å². The zero-order valence-corrected chi connectivity index (χ0v) is 13.4. The third-order valence-electron chi connectivity index (χ3n) is 3.38. The Morgan fingerprint density at radius 2 is 1.75 bits per heavy atom. The van der Waals surface area contributed by atoms with Gasteiger partial charge in [-0.2, -0.15) is 4.98 Å². The zero-order chi connectivity index (χ0) is 17.1. The van der Waals surface area contributed by atoms with Crippen molar-refractivity contribution in [3.8, 4) is 11.6 Å². The summed E-state index contributed by atoms with van der Waals surface area (Å²) in [4.78, 5) is 8.12. The number of nitrogens with one attached hydrogen (secondary N) is 1. The molecule has 0 amide bonds. The fourth-order valence-electron chi connectivity index (χ4n) is 2.35. The molecule has 0 saturated carbocycles. The predicted octanol–water partition coefficient (Wildman–Crippen LogP) is 4.35. The van der Waals surface area contributed by atoms with E-state index >= 15 is 0 Å². The zero-order valence-electron chi connectivity index (χ0n) is 13.4. The van der Waals surface area contributed by atoms with Crippen molar-refractivity contribution in [2.45, 2.75) is 13.8 Å². The van der Waals surface area contributed by atoms with Crippen LogP contribution < -0.4 is 15.8 Å². The van der Waals surface area contributed by atoms with Gasteiger partial charge in [-0.05, 0) is 49.2 Å². The Morgan fingerprint density at radius 3 is 2.46 bits per heavy atom. The van der Waals surface area contributed by atoms with Gasteiger partial charge in [0.05, 0.1) is 5.69 Å². The number of para-hydroxylation sites is 1. The second kappa shape index (κ2) is 6.54. The van der Waals surface area contributed by atoms with E-state index in [0.717, 1.165) is 11.1 Å². The van der Waals surface area contributed by atoms with E-state index in [4.69, 9.17) is 10.5 Å². The van der Waals surface area contributed by atoms with Gasteiger partial charge in [-0.1, -0.05) is 18.2 Å². The van der Waals surface area contributed by atoms with Crippen molar-refractivity contribution < 1.29 is 9.13 Å². The van der Waals surface area contributed by atoms with Gasteiger partial charge in [-0.15, -0.1) is 0 Å². The van der Waals surface area contributed by atoms with Crippen LogP contribution in [0.5, 0.6) is 11.6 Å². The topological polar surface area (TPSA) is 73.1 Å². The molecule has 5 nitrogen and oxygen atoms in total. The second-order valence-electron chi connectivity index (χ2n) is 5.47. The van der Waals surface area contributed by atoms with Gasteiger partial charge in [0.2, 0.25) is 5.88 Å². The summed E-state index contributed by atoms with van der Waals surface area (Å²) >= 11 is 0. The van der Waals surface area contributed by atoms with Crippen molar-refractivity contribution in [1.82, 2.24) is 9.97 Å². The normalized spacial score (nSPS) is 10.5. The number of nitrogen functional groups attached to an aromatic ring is 1. The molecule has 24 heavy (non-hydrogen) atoms. The van der Waals surface area contributed by atoms with Crippen LogP contribution in [0.15, 0.2) is 48.8 Å². The molecule has 1 aromatic heterocycles. The van der Waals surface area contributed by atoms with Gasteiger partial charge in [0.15, 0.2) is 5.82 Å². The van der Waals surface area contributed by atoms with Gasteiger partial charge in [0, 0.05) is 0 Å². The summed E-state index contributed by atoms with van der Waals surface area (Å²) in [5.74, 6) is 0.741. The lowest BCUT2D eigenvalue weighted by atomic mass is 10.1. The van der Waals surface area contributed by atoms with Crippen LogP contribution in [0.3, 0.4) is 0 Å². The minimum absolute atomic E-state index is 0.208. The maximum absolute atomic E-state index is 13.8. The number of nitrogens with zero attached hydrogens (tertiary/aromatic N) is 2. The SMILES string of the molecule is Cc1cc(C)cc(Oc2ncnc(Nc3ccccc3F)c2N)c1. The molecule has 0 radical (unpaired) electrons. The van der Waals surface area contributed by atoms with Gasteiger partial charge in [0.25, 0.3) is 0 Å². The second-order valence-corrected chi connectivity index (χ2v) is 5.47. The minimum Gasteiger partial charge on any atom is -0.437 e. The third kappa shape index (κ3) is 3.43. The van der Waals surface area contributed by atoms with Crippen LogP contribution in [-0.4, -0.2) is 9.97 Å². The van der Waals surface area contributed by atoms with Gasteiger partial charge in [-0.3, -0.25) is 0 Å². The summed E-state index contributed by atoms with van der Waals surface area (Å²) < 4.78 is 19.5. The first-order valence-corrected chi connectivity index (χ1v) is 7.41. The Balaban J connectivity index is 1.89. The molecule has 0 aliphatic rings. The summed E-state index contributed by atoms with van der Waals surface area (Å²) in [6, 6.07) is 12.1. The van der Waals surface area contributed by atoms with Gasteiger partial charge in [0.1, 0.15) is 23.6 Å². The first-order valence-electron chi connectivity index (χ1n) is 7.41. The molecule has 3 aromatic rings. The van der Waals surface area contributed by atoms with E-state index < -0.39 is 5.82 Å². The van der Waals surface area contributed by atoms with Crippen molar-refractivity contribution in [3.05, 3.63) is 65.7 Å². The van der Waals surface area contributed by atoms with Crippen LogP contribution in [0.2, 0.25) is 0 Å². The lowest BCUT2D eigenvalue weighted by Crippen LogP contribution is -2.04. The molecule has 0 atom stereocenters. The lowest BCUT2D eigenvalue weighted by molar-refractivity contribution is 0.464. The average Bonchev–Trinajstić information content (AvgIpc) is 2.52. The van der Waals surface area contributed by atoms with Crippen LogP contribution in [-0.2, 0) is 0 Å². The highest BCUT2D eigenvalue weighted by atomic mass is 19.1. The smallest absolute Gasteiger partial charge is 0.248 e. The fraction of sp³-hybridized carbons (Fsp3) is 0.111. The minimum atomic E-state index is -0.396. The molecule has 122 valence electrons. The summed E-state index contributed by atoms with van der Waals surface area (Å²) in [6.07, 6.45) is 1.32. The molecular weight excluding hydrogens is 307 g/mol. The maximum Gasteiger partial charge on any atom is 0.248 e. The number of aromatic nitrogens is 2. The molecule has 0 aliphatic carbocycles. The molecule has 0 spiro atoms. The number of ether oxygens (including phenoxy) is 1. The van der Waals surface area contributed by atoms with E-state index in [-0.39, 0.29) is 23.1 Å². The van der Waals surface area contributed by atoms with Crippen molar-refractivity contribution >= 4 is 17.2 Å². The first kappa shape index (κ1) is 15.7. The molecule has 0 fully saturated rings. The molecule has 0 saturated heterocycles. The number of halogens is 1. The maximum atomic E-state index is 13.8. The van der Waals surface area contributed by atoms with Gasteiger partial charge < -0.3 is 15.8 Å². The van der Waals surface area contributed by atoms with E-state index in [0.29, 0.717) is 5.75 Å². The van der Waals surface area contributed by atoms with Crippen molar-refractivity contribution in [1.29, 1.82) is 0 Å². The number of hydrogen-bond acceptors (Lipinski definition) is 5. The standard InChI is InChI=1S/C18H17FN4O/c1-11-7-12(2)9-13(8-11)24-18-16(20)17(21-10-22-18)23-15-6-4-3-5-14(15)19/h3-10H,20H2,1-2H3,(H,21,22,23). The van der Waals surface area contributed by atoms with Gasteiger partial charge >= 0.3 is 0 Å². The van der Waals surface area contributed by atoms with Crippen molar-refractivity contribution in [2.75, 3.05) is 11.1 Å². The molecular formula is C18H17FN4O. The molecule has 0 unspecified atom stereocenters. The monoisotopic (exact) mass is 324 g/mol. The van der Waals surface area contributed by atoms with Crippen LogP contribution in [0.25, 0.3) is 0 Å². The van der Waals surface area contributed by atoms with E-state index in [1.807, 2.05) is 32.0 Å². The first-order chi connectivity index (χ1) is 11.5. The molecule has 6 heteroatoms. The highest BCUT2D eigenvalue weighted by Gasteiger charge is 2.12. The summed E-state index contributed by atoms with van der Waals surface area (Å²) in [5.41, 5.74) is 8.70. The van der Waals surface area contributed by atoms with Crippen LogP contribution in [0, 0.1) is 19.7 Å². The van der Waals surface area contributed by atoms with E-state index in [1.165, 1.54) is 12.4 Å². The number of benzene rings is 2. The molecule has 2 aromatic carbocycles. The highest BCUT2D eigenvalue weighted by molar-refractivity contribution is 5.72.